The van der Waals surface area contributed by atoms with Gasteiger partial charge in [-0.05, 0) is 0 Å². The molecule has 0 N–H and O–H groups in total. The fourth-order valence-electron chi connectivity index (χ4n) is 0.385. The second kappa shape index (κ2) is 18.3. The Labute approximate surface area is 91.9 Å². The van der Waals surface area contributed by atoms with E-state index in [1.807, 2.05) is 28.2 Å². The summed E-state index contributed by atoms with van der Waals surface area (Å²) in [6, 6.07) is 0. The summed E-state index contributed by atoms with van der Waals surface area (Å²) in [4.78, 5) is 0. The van der Waals surface area contributed by atoms with E-state index < -0.39 is 0 Å². The average molecular weight is 176 g/mol. The first kappa shape index (κ1) is 19.1. The third kappa shape index (κ3) is 17.6. The maximum Gasteiger partial charge on any atom is 0 e. The van der Waals surface area contributed by atoms with Gasteiger partial charge in [-0.2, -0.15) is 19.8 Å². The summed E-state index contributed by atoms with van der Waals surface area (Å²) in [6.07, 6.45) is 0. The van der Waals surface area contributed by atoms with Crippen LogP contribution in [0.25, 0.3) is 0 Å². The van der Waals surface area contributed by atoms with Gasteiger partial charge in [-0.25, -0.2) is 0 Å². The lowest BCUT2D eigenvalue weighted by molar-refractivity contribution is 3.84. The highest BCUT2D eigenvalue weighted by Crippen LogP contribution is 1.54. The predicted octanol–water partition coefficient (Wildman–Crippen LogP) is -3.69. The molecule has 2 atom stereocenters. The van der Waals surface area contributed by atoms with Crippen LogP contribution in [-0.2, 0) is 0 Å². The highest BCUT2D eigenvalue weighted by molar-refractivity contribution is 7.68. The Kier molecular flexibility index (Phi) is 29.2. The number of hydrogen-bond donors (Lipinski definition) is 0. The van der Waals surface area contributed by atoms with E-state index in [0.717, 1.165) is 0 Å². The van der Waals surface area contributed by atoms with Gasteiger partial charge in [0.25, 0.3) is 0 Å². The Morgan fingerprint density at radius 3 is 1.00 bits per heavy atom. The first-order valence-corrected chi connectivity index (χ1v) is 3.00. The number of hydrogen-bond acceptors (Lipinski definition) is 0. The van der Waals surface area contributed by atoms with Crippen LogP contribution in [0.15, 0.2) is 0 Å². The molecule has 0 aliphatic carbocycles. The van der Waals surface area contributed by atoms with Crippen LogP contribution < -0.4 is 0 Å². The van der Waals surface area contributed by atoms with Crippen molar-refractivity contribution in [3.63, 3.8) is 0 Å². The molecule has 12 heteroatoms. The third-order valence-corrected chi connectivity index (χ3v) is 0.778. The zero-order valence-electron chi connectivity index (χ0n) is 7.19. The van der Waals surface area contributed by atoms with Crippen molar-refractivity contribution in [2.45, 2.75) is 0 Å². The molecular formula is H6B10P2. The Hall–Kier alpha value is 1.51. The molecule has 0 bridgehead atoms. The van der Waals surface area contributed by atoms with E-state index >= 15 is 0 Å². The largest absolute Gasteiger partial charge is 0.153 e. The van der Waals surface area contributed by atoms with Crippen molar-refractivity contribution in [2.75, 3.05) is 0 Å². The summed E-state index contributed by atoms with van der Waals surface area (Å²) in [5.74, 6) is 0. The molecule has 0 amide bonds. The smallest absolute Gasteiger partial charge is 0 e. The fraction of sp³-hybridized carbons (Fsp3) is 0. The summed E-state index contributed by atoms with van der Waals surface area (Å²) in [5.41, 5.74) is 0. The van der Waals surface area contributed by atoms with Crippen LogP contribution in [0.2, 0.25) is 0 Å². The molecule has 0 nitrogen and oxygen atoms in total. The second-order valence-corrected chi connectivity index (χ2v) is 1.54. The zero-order chi connectivity index (χ0) is 7.66. The molecule has 0 saturated heterocycles. The maximum absolute atomic E-state index is 5.08. The predicted molar refractivity (Wildman–Crippen MR) is 79.7 cm³/mol. The van der Waals surface area contributed by atoms with Gasteiger partial charge in [-0.15, -0.1) is 0 Å². The van der Waals surface area contributed by atoms with Crippen molar-refractivity contribution < 1.29 is 0 Å². The first-order valence-electron chi connectivity index (χ1n) is 3.00. The molecule has 0 aromatic carbocycles. The fourth-order valence-corrected chi connectivity index (χ4v) is 0.385. The molecule has 0 aromatic rings. The molecule has 0 aromatic heterocycles. The minimum absolute atomic E-state index is 0. The second-order valence-electron chi connectivity index (χ2n) is 1.54. The van der Waals surface area contributed by atoms with Crippen LogP contribution >= 0.6 is 19.8 Å². The highest BCUT2D eigenvalue weighted by Gasteiger charge is 1.92. The molecule has 0 aliphatic heterocycles. The first-order chi connectivity index (χ1) is 4.91. The lowest BCUT2D eigenvalue weighted by atomic mass is 8.89. The molecule has 46 valence electrons. The number of rotatable bonds is 7. The molecule has 0 fully saturated rings. The molecule has 0 aliphatic rings. The van der Waals surface area contributed by atoms with Gasteiger partial charge in [0.05, 0.1) is 0 Å². The van der Waals surface area contributed by atoms with Gasteiger partial charge in [0.15, 0.2) is 0 Å². The van der Waals surface area contributed by atoms with Gasteiger partial charge in [0.2, 0.25) is 0 Å². The Morgan fingerprint density at radius 2 is 0.750 bits per heavy atom. The van der Waals surface area contributed by atoms with E-state index in [1.165, 1.54) is 14.1 Å². The van der Waals surface area contributed by atoms with Crippen LogP contribution in [0.1, 0.15) is 0 Å². The van der Waals surface area contributed by atoms with Crippen molar-refractivity contribution >= 4 is 91.8 Å². The minimum atomic E-state index is 0. The summed E-state index contributed by atoms with van der Waals surface area (Å²) in [7, 11) is 24.0. The van der Waals surface area contributed by atoms with Crippen LogP contribution in [-0.4, -0.2) is 72.0 Å². The van der Waals surface area contributed by atoms with Crippen molar-refractivity contribution in [2.24, 2.45) is 0 Å². The Morgan fingerprint density at radius 1 is 0.500 bits per heavy atom. The zero-order valence-corrected chi connectivity index (χ0v) is 10.0. The molecule has 0 heterocycles. The lowest BCUT2D eigenvalue weighted by Crippen LogP contribution is -2.30. The Balaban J connectivity index is -0.000000405. The lowest BCUT2D eigenvalue weighted by Gasteiger charge is -1.92. The SMILES string of the molecule is P.P.[B][B][B][B][B][B][B][B][B][B]. The highest BCUT2D eigenvalue weighted by atomic mass is 31.0. The summed E-state index contributed by atoms with van der Waals surface area (Å²) >= 11 is 0. The van der Waals surface area contributed by atoms with Gasteiger partial charge < -0.3 is 0 Å². The topological polar surface area (TPSA) is 0 Å². The molecule has 2 unspecified atom stereocenters. The molecule has 0 spiro atoms. The van der Waals surface area contributed by atoms with Crippen molar-refractivity contribution in [3.8, 4) is 0 Å². The van der Waals surface area contributed by atoms with Gasteiger partial charge >= 0.3 is 0 Å². The van der Waals surface area contributed by atoms with Crippen LogP contribution in [0.5, 0.6) is 0 Å². The van der Waals surface area contributed by atoms with E-state index in [-0.39, 0.29) is 19.8 Å². The summed E-state index contributed by atoms with van der Waals surface area (Å²) in [6.45, 7) is 0. The summed E-state index contributed by atoms with van der Waals surface area (Å²) < 4.78 is 0. The molecular weight excluding hydrogens is 170 g/mol. The molecule has 0 rings (SSSR count). The van der Waals surface area contributed by atoms with Crippen molar-refractivity contribution in [1.29, 1.82) is 0 Å². The van der Waals surface area contributed by atoms with E-state index in [9.17, 15) is 0 Å². The van der Waals surface area contributed by atoms with Crippen LogP contribution in [0.4, 0.5) is 0 Å². The molecule has 12 radical (unpaired) electrons. The van der Waals surface area contributed by atoms with Crippen molar-refractivity contribution in [3.05, 3.63) is 0 Å². The Bertz CT molecular complexity index is 47.8. The molecule has 12 heavy (non-hydrogen) atoms. The van der Waals surface area contributed by atoms with Gasteiger partial charge in [0.1, 0.15) is 0 Å². The van der Waals surface area contributed by atoms with E-state index in [0.29, 0.717) is 0 Å². The van der Waals surface area contributed by atoms with Gasteiger partial charge in [-0.3, -0.25) is 0 Å². The monoisotopic (exact) mass is 178 g/mol. The van der Waals surface area contributed by atoms with E-state index in [1.54, 1.807) is 14.1 Å². The minimum Gasteiger partial charge on any atom is -0.153 e. The van der Waals surface area contributed by atoms with Crippen LogP contribution in [0.3, 0.4) is 0 Å². The standard InChI is InChI=1S/B10.2H3P/c1-3-5-7-9-10-8-6-4-2;;/h;2*1H3. The molecule has 0 saturated carbocycles. The van der Waals surface area contributed by atoms with Gasteiger partial charge in [0, 0.05) is 72.0 Å². The quantitative estimate of drug-likeness (QED) is 0.213. The summed E-state index contributed by atoms with van der Waals surface area (Å²) in [5, 5.41) is 0. The van der Waals surface area contributed by atoms with Crippen molar-refractivity contribution in [1.82, 2.24) is 0 Å². The normalized spacial score (nSPS) is 5.67. The van der Waals surface area contributed by atoms with Crippen LogP contribution in [0, 0.1) is 0 Å². The maximum atomic E-state index is 5.08. The van der Waals surface area contributed by atoms with E-state index in [2.05, 4.69) is 0 Å². The average Bonchev–Trinajstić information content (AvgIpc) is 1.97. The van der Waals surface area contributed by atoms with Gasteiger partial charge in [-0.1, -0.05) is 0 Å². The third-order valence-electron chi connectivity index (χ3n) is 0.778. The van der Waals surface area contributed by atoms with E-state index in [4.69, 9.17) is 15.5 Å².